The molecule has 0 saturated heterocycles. The van der Waals surface area contributed by atoms with Crippen LogP contribution in [-0.4, -0.2) is 9.55 Å². The Kier molecular flexibility index (Phi) is 2.54. The van der Waals surface area contributed by atoms with Crippen LogP contribution in [0.15, 0.2) is 54.9 Å². The van der Waals surface area contributed by atoms with E-state index in [9.17, 15) is 0 Å². The number of imidazole rings is 1. The molecule has 0 fully saturated rings. The van der Waals surface area contributed by atoms with Crippen LogP contribution in [-0.2, 0) is 6.54 Å². The second kappa shape index (κ2) is 4.34. The Morgan fingerprint density at radius 3 is 2.72 bits per heavy atom. The molecule has 3 nitrogen and oxygen atoms in total. The lowest BCUT2D eigenvalue weighted by Gasteiger charge is -2.04. The maximum Gasteiger partial charge on any atom is 0.0992 e. The third kappa shape index (κ3) is 1.85. The van der Waals surface area contributed by atoms with Gasteiger partial charge in [0.05, 0.1) is 29.0 Å². The Bertz CT molecular complexity index is 720. The minimum Gasteiger partial charge on any atom is -0.326 e. The van der Waals surface area contributed by atoms with Crippen LogP contribution >= 0.6 is 0 Å². The Balaban J connectivity index is 2.01. The Hall–Kier alpha value is -2.60. The molecule has 2 aromatic carbocycles. The van der Waals surface area contributed by atoms with Crippen LogP contribution < -0.4 is 0 Å². The van der Waals surface area contributed by atoms with E-state index in [0.29, 0.717) is 5.56 Å². The van der Waals surface area contributed by atoms with Crippen molar-refractivity contribution in [3.05, 3.63) is 66.0 Å². The first-order valence-electron chi connectivity index (χ1n) is 5.76. The van der Waals surface area contributed by atoms with Crippen molar-refractivity contribution in [1.29, 1.82) is 5.26 Å². The number of hydrogen-bond acceptors (Lipinski definition) is 2. The van der Waals surface area contributed by atoms with E-state index in [2.05, 4.69) is 27.8 Å². The lowest BCUT2D eigenvalue weighted by molar-refractivity contribution is 0.824. The topological polar surface area (TPSA) is 41.6 Å². The quantitative estimate of drug-likeness (QED) is 0.682. The van der Waals surface area contributed by atoms with E-state index in [4.69, 9.17) is 5.26 Å². The molecule has 0 bridgehead atoms. The molecule has 3 rings (SSSR count). The first kappa shape index (κ1) is 10.5. The van der Waals surface area contributed by atoms with Gasteiger partial charge in [-0.3, -0.25) is 0 Å². The van der Waals surface area contributed by atoms with Gasteiger partial charge in [0.15, 0.2) is 0 Å². The van der Waals surface area contributed by atoms with Crippen molar-refractivity contribution < 1.29 is 0 Å². The maximum absolute atomic E-state index is 8.85. The molecule has 0 spiro atoms. The number of fused-ring (bicyclic) bond motifs is 1. The summed E-state index contributed by atoms with van der Waals surface area (Å²) in [5, 5.41) is 8.85. The average molecular weight is 233 g/mol. The van der Waals surface area contributed by atoms with Crippen LogP contribution in [0.2, 0.25) is 0 Å². The van der Waals surface area contributed by atoms with Gasteiger partial charge in [-0.2, -0.15) is 5.26 Å². The van der Waals surface area contributed by atoms with Crippen molar-refractivity contribution in [1.82, 2.24) is 9.55 Å². The fraction of sp³-hybridized carbons (Fsp3) is 0.0667. The molecule has 0 saturated carbocycles. The number of hydrogen-bond donors (Lipinski definition) is 0. The smallest absolute Gasteiger partial charge is 0.0992 e. The Morgan fingerprint density at radius 1 is 1.11 bits per heavy atom. The molecule has 3 heteroatoms. The SMILES string of the molecule is N#Cc1ccc2c(c1)ncn2Cc1ccccc1. The van der Waals surface area contributed by atoms with Crippen molar-refractivity contribution in [2.45, 2.75) is 6.54 Å². The summed E-state index contributed by atoms with van der Waals surface area (Å²) in [6, 6.07) is 18.0. The summed E-state index contributed by atoms with van der Waals surface area (Å²) in [5.74, 6) is 0. The highest BCUT2D eigenvalue weighted by Crippen LogP contribution is 2.16. The van der Waals surface area contributed by atoms with Gasteiger partial charge in [0, 0.05) is 6.54 Å². The van der Waals surface area contributed by atoms with Gasteiger partial charge in [-0.25, -0.2) is 4.98 Å². The molecule has 0 aliphatic rings. The standard InChI is InChI=1S/C15H11N3/c16-9-13-6-7-15-14(8-13)17-11-18(15)10-12-4-2-1-3-5-12/h1-8,11H,10H2. The predicted octanol–water partition coefficient (Wildman–Crippen LogP) is 2.96. The molecule has 0 unspecified atom stereocenters. The first-order chi connectivity index (χ1) is 8.86. The molecule has 1 heterocycles. The summed E-state index contributed by atoms with van der Waals surface area (Å²) < 4.78 is 2.09. The summed E-state index contributed by atoms with van der Waals surface area (Å²) in [5.41, 5.74) is 3.80. The summed E-state index contributed by atoms with van der Waals surface area (Å²) >= 11 is 0. The lowest BCUT2D eigenvalue weighted by atomic mass is 10.2. The number of benzene rings is 2. The van der Waals surface area contributed by atoms with Gasteiger partial charge in [0.1, 0.15) is 0 Å². The zero-order valence-electron chi connectivity index (χ0n) is 9.74. The van der Waals surface area contributed by atoms with Crippen LogP contribution in [0.5, 0.6) is 0 Å². The van der Waals surface area contributed by atoms with Crippen molar-refractivity contribution in [2.24, 2.45) is 0 Å². The normalized spacial score (nSPS) is 10.4. The van der Waals surface area contributed by atoms with Crippen LogP contribution in [0.4, 0.5) is 0 Å². The number of nitrogens with zero attached hydrogens (tertiary/aromatic N) is 3. The Morgan fingerprint density at radius 2 is 1.94 bits per heavy atom. The van der Waals surface area contributed by atoms with Gasteiger partial charge in [0.25, 0.3) is 0 Å². The molecule has 0 radical (unpaired) electrons. The van der Waals surface area contributed by atoms with E-state index in [1.807, 2.05) is 42.7 Å². The second-order valence-electron chi connectivity index (χ2n) is 4.17. The van der Waals surface area contributed by atoms with E-state index in [-0.39, 0.29) is 0 Å². The molecule has 0 aliphatic heterocycles. The summed E-state index contributed by atoms with van der Waals surface area (Å²) in [7, 11) is 0. The van der Waals surface area contributed by atoms with Crippen LogP contribution in [0.1, 0.15) is 11.1 Å². The average Bonchev–Trinajstić information content (AvgIpc) is 2.82. The van der Waals surface area contributed by atoms with E-state index in [1.165, 1.54) is 5.56 Å². The predicted molar refractivity (Wildman–Crippen MR) is 70.0 cm³/mol. The highest BCUT2D eigenvalue weighted by molar-refractivity contribution is 5.77. The molecular formula is C15H11N3. The zero-order valence-corrected chi connectivity index (χ0v) is 9.74. The van der Waals surface area contributed by atoms with Gasteiger partial charge >= 0.3 is 0 Å². The molecule has 0 amide bonds. The fourth-order valence-electron chi connectivity index (χ4n) is 2.04. The molecule has 0 N–H and O–H groups in total. The lowest BCUT2D eigenvalue weighted by Crippen LogP contribution is -1.97. The van der Waals surface area contributed by atoms with E-state index >= 15 is 0 Å². The zero-order chi connectivity index (χ0) is 12.4. The maximum atomic E-state index is 8.85. The van der Waals surface area contributed by atoms with Gasteiger partial charge in [-0.05, 0) is 23.8 Å². The third-order valence-corrected chi connectivity index (χ3v) is 2.95. The monoisotopic (exact) mass is 233 g/mol. The first-order valence-corrected chi connectivity index (χ1v) is 5.76. The van der Waals surface area contributed by atoms with Gasteiger partial charge in [-0.15, -0.1) is 0 Å². The van der Waals surface area contributed by atoms with Gasteiger partial charge < -0.3 is 4.57 Å². The van der Waals surface area contributed by atoms with Crippen molar-refractivity contribution in [2.75, 3.05) is 0 Å². The van der Waals surface area contributed by atoms with Crippen LogP contribution in [0, 0.1) is 11.3 Å². The molecule has 18 heavy (non-hydrogen) atoms. The minimum atomic E-state index is 0.646. The third-order valence-electron chi connectivity index (χ3n) is 2.95. The van der Waals surface area contributed by atoms with Crippen LogP contribution in [0.3, 0.4) is 0 Å². The fourth-order valence-corrected chi connectivity index (χ4v) is 2.04. The molecule has 3 aromatic rings. The van der Waals surface area contributed by atoms with Gasteiger partial charge in [0.2, 0.25) is 0 Å². The summed E-state index contributed by atoms with van der Waals surface area (Å²) in [4.78, 5) is 4.34. The van der Waals surface area contributed by atoms with E-state index in [0.717, 1.165) is 17.6 Å². The number of nitriles is 1. The summed E-state index contributed by atoms with van der Waals surface area (Å²) in [6.45, 7) is 0.795. The van der Waals surface area contributed by atoms with E-state index < -0.39 is 0 Å². The number of rotatable bonds is 2. The van der Waals surface area contributed by atoms with Crippen molar-refractivity contribution in [3.63, 3.8) is 0 Å². The van der Waals surface area contributed by atoms with E-state index in [1.54, 1.807) is 0 Å². The van der Waals surface area contributed by atoms with Crippen LogP contribution in [0.25, 0.3) is 11.0 Å². The molecule has 86 valence electrons. The van der Waals surface area contributed by atoms with Crippen molar-refractivity contribution in [3.8, 4) is 6.07 Å². The number of aromatic nitrogens is 2. The molecular weight excluding hydrogens is 222 g/mol. The van der Waals surface area contributed by atoms with Crippen molar-refractivity contribution >= 4 is 11.0 Å². The minimum absolute atomic E-state index is 0.646. The second-order valence-corrected chi connectivity index (χ2v) is 4.17. The molecule has 0 aliphatic carbocycles. The molecule has 1 aromatic heterocycles. The Labute approximate surface area is 105 Å². The van der Waals surface area contributed by atoms with Gasteiger partial charge in [-0.1, -0.05) is 30.3 Å². The highest BCUT2D eigenvalue weighted by atomic mass is 15.0. The highest BCUT2D eigenvalue weighted by Gasteiger charge is 2.03. The summed E-state index contributed by atoms with van der Waals surface area (Å²) in [6.07, 6.45) is 1.82. The molecule has 0 atom stereocenters. The largest absolute Gasteiger partial charge is 0.326 e.